The van der Waals surface area contributed by atoms with Gasteiger partial charge in [0.2, 0.25) is 0 Å². The molecule has 1 N–H and O–H groups in total. The maximum absolute atomic E-state index is 6.03. The Morgan fingerprint density at radius 3 is 2.60 bits per heavy atom. The van der Waals surface area contributed by atoms with Gasteiger partial charge in [-0.1, -0.05) is 6.42 Å². The Hall–Kier alpha value is -0.570. The molecule has 0 amide bonds. The zero-order valence-electron chi connectivity index (χ0n) is 9.24. The van der Waals surface area contributed by atoms with Crippen molar-refractivity contribution in [3.63, 3.8) is 0 Å². The van der Waals surface area contributed by atoms with Crippen LogP contribution in [0, 0.1) is 11.8 Å². The van der Waals surface area contributed by atoms with Crippen molar-refractivity contribution in [1.82, 2.24) is 5.32 Å². The summed E-state index contributed by atoms with van der Waals surface area (Å²) < 4.78 is 6.03. The van der Waals surface area contributed by atoms with Crippen LogP contribution in [0.15, 0.2) is 4.99 Å². The van der Waals surface area contributed by atoms with Crippen LogP contribution in [0.5, 0.6) is 0 Å². The Morgan fingerprint density at radius 2 is 1.93 bits per heavy atom. The van der Waals surface area contributed by atoms with E-state index in [0.717, 1.165) is 31.4 Å². The summed E-state index contributed by atoms with van der Waals surface area (Å²) in [5, 5.41) is 3.38. The Morgan fingerprint density at radius 1 is 1.13 bits per heavy atom. The van der Waals surface area contributed by atoms with Crippen molar-refractivity contribution in [2.75, 3.05) is 19.6 Å². The molecule has 0 aromatic rings. The average Bonchev–Trinajstić information content (AvgIpc) is 2.66. The minimum Gasteiger partial charge on any atom is -0.475 e. The molecule has 3 rings (SSSR count). The number of nitrogens with one attached hydrogen (secondary N) is 1. The van der Waals surface area contributed by atoms with Gasteiger partial charge >= 0.3 is 0 Å². The van der Waals surface area contributed by atoms with E-state index in [0.29, 0.717) is 12.0 Å². The molecule has 0 aromatic heterocycles. The second-order valence-electron chi connectivity index (χ2n) is 5.05. The van der Waals surface area contributed by atoms with Crippen LogP contribution >= 0.6 is 0 Å². The predicted octanol–water partition coefficient (Wildman–Crippen LogP) is 1.58. The van der Waals surface area contributed by atoms with Gasteiger partial charge in [-0.15, -0.1) is 0 Å². The van der Waals surface area contributed by atoms with Gasteiger partial charge in [-0.25, -0.2) is 0 Å². The molecule has 0 spiro atoms. The van der Waals surface area contributed by atoms with Gasteiger partial charge in [0.15, 0.2) is 5.90 Å². The third-order valence-corrected chi connectivity index (χ3v) is 4.06. The van der Waals surface area contributed by atoms with Crippen molar-refractivity contribution in [2.45, 2.75) is 38.2 Å². The molecule has 0 bridgehead atoms. The van der Waals surface area contributed by atoms with Gasteiger partial charge in [0.25, 0.3) is 0 Å². The smallest absolute Gasteiger partial charge is 0.187 e. The van der Waals surface area contributed by atoms with Crippen LogP contribution < -0.4 is 5.32 Å². The van der Waals surface area contributed by atoms with Gasteiger partial charge < -0.3 is 10.1 Å². The van der Waals surface area contributed by atoms with Crippen LogP contribution in [0.3, 0.4) is 0 Å². The molecule has 2 heterocycles. The van der Waals surface area contributed by atoms with Crippen LogP contribution in [0.1, 0.15) is 32.1 Å². The number of piperidine rings is 1. The van der Waals surface area contributed by atoms with E-state index in [1.165, 1.54) is 32.1 Å². The van der Waals surface area contributed by atoms with E-state index in [1.807, 2.05) is 0 Å². The molecule has 2 fully saturated rings. The van der Waals surface area contributed by atoms with Crippen molar-refractivity contribution >= 4 is 5.90 Å². The van der Waals surface area contributed by atoms with E-state index in [9.17, 15) is 0 Å². The van der Waals surface area contributed by atoms with Gasteiger partial charge in [0.1, 0.15) is 6.10 Å². The zero-order valence-corrected chi connectivity index (χ0v) is 9.24. The molecule has 1 unspecified atom stereocenters. The van der Waals surface area contributed by atoms with E-state index in [-0.39, 0.29) is 0 Å². The highest BCUT2D eigenvalue weighted by Crippen LogP contribution is 2.34. The molecule has 0 radical (unpaired) electrons. The Kier molecular flexibility index (Phi) is 2.65. The quantitative estimate of drug-likeness (QED) is 0.747. The number of ether oxygens (including phenoxy) is 1. The number of nitrogens with zero attached hydrogens (tertiary/aromatic N) is 1. The third kappa shape index (κ3) is 1.89. The minimum absolute atomic E-state index is 0.434. The first-order valence-electron chi connectivity index (χ1n) is 6.35. The second-order valence-corrected chi connectivity index (χ2v) is 5.05. The summed E-state index contributed by atoms with van der Waals surface area (Å²) in [7, 11) is 0. The maximum Gasteiger partial charge on any atom is 0.187 e. The lowest BCUT2D eigenvalue weighted by Gasteiger charge is -2.31. The van der Waals surface area contributed by atoms with Crippen molar-refractivity contribution in [2.24, 2.45) is 16.8 Å². The lowest BCUT2D eigenvalue weighted by Crippen LogP contribution is -2.34. The molecule has 1 saturated heterocycles. The van der Waals surface area contributed by atoms with E-state index in [2.05, 4.69) is 10.3 Å². The fourth-order valence-electron chi connectivity index (χ4n) is 2.76. The first kappa shape index (κ1) is 9.64. The number of aliphatic imine (C=N–C) groups is 1. The third-order valence-electron chi connectivity index (χ3n) is 4.06. The predicted molar refractivity (Wildman–Crippen MR) is 60.1 cm³/mol. The number of hydrogen-bond acceptors (Lipinski definition) is 3. The summed E-state index contributed by atoms with van der Waals surface area (Å²) in [4.78, 5) is 4.61. The van der Waals surface area contributed by atoms with Crippen LogP contribution in [0.2, 0.25) is 0 Å². The number of hydrogen-bond donors (Lipinski definition) is 1. The van der Waals surface area contributed by atoms with E-state index in [4.69, 9.17) is 4.74 Å². The summed E-state index contributed by atoms with van der Waals surface area (Å²) in [5.41, 5.74) is 0. The highest BCUT2D eigenvalue weighted by Gasteiger charge is 2.35. The number of rotatable bonds is 2. The average molecular weight is 208 g/mol. The molecule has 0 aromatic carbocycles. The van der Waals surface area contributed by atoms with Crippen molar-refractivity contribution in [3.05, 3.63) is 0 Å². The lowest BCUT2D eigenvalue weighted by molar-refractivity contribution is 0.0907. The molecule has 15 heavy (non-hydrogen) atoms. The maximum atomic E-state index is 6.03. The normalized spacial score (nSPS) is 33.3. The van der Waals surface area contributed by atoms with Gasteiger partial charge in [0.05, 0.1) is 6.54 Å². The van der Waals surface area contributed by atoms with Crippen LogP contribution in [0.25, 0.3) is 0 Å². The molecule has 1 saturated carbocycles. The van der Waals surface area contributed by atoms with Crippen molar-refractivity contribution in [3.8, 4) is 0 Å². The SMILES string of the molecule is C1CC(C2CN=C(C3CCNCC3)O2)C1. The Bertz CT molecular complexity index is 254. The van der Waals surface area contributed by atoms with Gasteiger partial charge in [-0.3, -0.25) is 4.99 Å². The largest absolute Gasteiger partial charge is 0.475 e. The minimum atomic E-state index is 0.434. The highest BCUT2D eigenvalue weighted by atomic mass is 16.5. The first-order valence-corrected chi connectivity index (χ1v) is 6.35. The highest BCUT2D eigenvalue weighted by molar-refractivity contribution is 5.80. The summed E-state index contributed by atoms with van der Waals surface area (Å²) in [6, 6.07) is 0. The van der Waals surface area contributed by atoms with Crippen molar-refractivity contribution in [1.29, 1.82) is 0 Å². The standard InChI is InChI=1S/C12H20N2O/c1-2-9(3-1)11-8-14-12(15-11)10-4-6-13-7-5-10/h9-11,13H,1-8H2. The molecule has 2 aliphatic heterocycles. The molecular weight excluding hydrogens is 188 g/mol. The van der Waals surface area contributed by atoms with Crippen molar-refractivity contribution < 1.29 is 4.74 Å². The monoisotopic (exact) mass is 208 g/mol. The fourth-order valence-corrected chi connectivity index (χ4v) is 2.76. The van der Waals surface area contributed by atoms with Crippen LogP contribution in [-0.4, -0.2) is 31.6 Å². The zero-order chi connectivity index (χ0) is 10.1. The molecular formula is C12H20N2O. The molecule has 3 nitrogen and oxygen atoms in total. The summed E-state index contributed by atoms with van der Waals surface area (Å²) in [6.45, 7) is 3.19. The molecule has 1 atom stereocenters. The molecule has 3 aliphatic rings. The fraction of sp³-hybridized carbons (Fsp3) is 0.917. The Balaban J connectivity index is 1.54. The van der Waals surface area contributed by atoms with Gasteiger partial charge in [-0.05, 0) is 44.7 Å². The van der Waals surface area contributed by atoms with Crippen LogP contribution in [0.4, 0.5) is 0 Å². The van der Waals surface area contributed by atoms with E-state index in [1.54, 1.807) is 0 Å². The molecule has 1 aliphatic carbocycles. The summed E-state index contributed by atoms with van der Waals surface area (Å²) in [5.74, 6) is 2.50. The molecule has 84 valence electrons. The van der Waals surface area contributed by atoms with E-state index < -0.39 is 0 Å². The topological polar surface area (TPSA) is 33.6 Å². The van der Waals surface area contributed by atoms with Gasteiger partial charge in [-0.2, -0.15) is 0 Å². The van der Waals surface area contributed by atoms with E-state index >= 15 is 0 Å². The first-order chi connectivity index (χ1) is 7.43. The van der Waals surface area contributed by atoms with Crippen LogP contribution in [-0.2, 0) is 4.74 Å². The molecule has 3 heteroatoms. The summed E-state index contributed by atoms with van der Waals surface area (Å²) in [6.07, 6.45) is 6.96. The second kappa shape index (κ2) is 4.12. The Labute approximate surface area is 91.3 Å². The lowest BCUT2D eigenvalue weighted by atomic mass is 9.81. The van der Waals surface area contributed by atoms with Gasteiger partial charge in [0, 0.05) is 5.92 Å². The summed E-state index contributed by atoms with van der Waals surface area (Å²) >= 11 is 0.